The van der Waals surface area contributed by atoms with Gasteiger partial charge in [0.25, 0.3) is 0 Å². The lowest BCUT2D eigenvalue weighted by atomic mass is 9.82. The van der Waals surface area contributed by atoms with Crippen LogP contribution in [0.3, 0.4) is 0 Å². The van der Waals surface area contributed by atoms with Crippen molar-refractivity contribution in [2.45, 2.75) is 20.8 Å². The predicted octanol–water partition coefficient (Wildman–Crippen LogP) is 4.79. The number of hydrazone groups is 1. The number of rotatable bonds is 2. The molecular formula is C20H21N3O. The Morgan fingerprint density at radius 3 is 2.38 bits per heavy atom. The number of allylic oxidation sites excluding steroid dienone is 1. The van der Waals surface area contributed by atoms with Crippen LogP contribution in [-0.2, 0) is 0 Å². The number of carbonyl (C=O) groups excluding carboxylic acids is 1. The van der Waals surface area contributed by atoms with E-state index in [1.807, 2.05) is 48.5 Å². The zero-order chi connectivity index (χ0) is 17.2. The molecule has 1 N–H and O–H groups in total. The highest BCUT2D eigenvalue weighted by atomic mass is 16.2. The minimum absolute atomic E-state index is 0.237. The lowest BCUT2D eigenvalue weighted by molar-refractivity contribution is 0.228. The largest absolute Gasteiger partial charge is 0.346 e. The summed E-state index contributed by atoms with van der Waals surface area (Å²) in [5.41, 5.74) is 3.59. The maximum Gasteiger partial charge on any atom is 0.346 e. The van der Waals surface area contributed by atoms with Gasteiger partial charge in [-0.25, -0.2) is 4.79 Å². The van der Waals surface area contributed by atoms with Crippen molar-refractivity contribution < 1.29 is 4.79 Å². The lowest BCUT2D eigenvalue weighted by Gasteiger charge is -2.30. The van der Waals surface area contributed by atoms with Gasteiger partial charge < -0.3 is 5.32 Å². The van der Waals surface area contributed by atoms with Crippen LogP contribution >= 0.6 is 0 Å². The summed E-state index contributed by atoms with van der Waals surface area (Å²) >= 11 is 0. The van der Waals surface area contributed by atoms with E-state index in [2.05, 4.69) is 43.3 Å². The summed E-state index contributed by atoms with van der Waals surface area (Å²) in [5.74, 6) is 0. The summed E-state index contributed by atoms with van der Waals surface area (Å²) < 4.78 is 0. The van der Waals surface area contributed by atoms with Crippen LogP contribution in [0.5, 0.6) is 0 Å². The number of amides is 2. The zero-order valence-corrected chi connectivity index (χ0v) is 14.2. The highest BCUT2D eigenvalue weighted by molar-refractivity contribution is 6.07. The molecule has 0 unspecified atom stereocenters. The summed E-state index contributed by atoms with van der Waals surface area (Å²) in [5, 5.41) is 8.79. The number of nitrogens with one attached hydrogen (secondary N) is 1. The van der Waals surface area contributed by atoms with Crippen molar-refractivity contribution in [2.24, 2.45) is 10.5 Å². The average Bonchev–Trinajstić information content (AvgIpc) is 2.56. The van der Waals surface area contributed by atoms with Crippen LogP contribution in [-0.4, -0.2) is 16.8 Å². The van der Waals surface area contributed by atoms with Crippen molar-refractivity contribution in [1.29, 1.82) is 0 Å². The number of nitrogens with zero attached hydrogens (tertiary/aromatic N) is 2. The molecule has 2 amide bonds. The van der Waals surface area contributed by atoms with Gasteiger partial charge in [-0.05, 0) is 24.6 Å². The van der Waals surface area contributed by atoms with Gasteiger partial charge in [-0.2, -0.15) is 10.1 Å². The van der Waals surface area contributed by atoms with Crippen molar-refractivity contribution in [3.63, 3.8) is 0 Å². The number of hydrogen-bond acceptors (Lipinski definition) is 2. The first-order valence-corrected chi connectivity index (χ1v) is 7.96. The van der Waals surface area contributed by atoms with Crippen molar-refractivity contribution in [1.82, 2.24) is 5.01 Å². The number of anilines is 1. The molecule has 3 rings (SSSR count). The van der Waals surface area contributed by atoms with E-state index in [4.69, 9.17) is 0 Å². The number of benzene rings is 2. The van der Waals surface area contributed by atoms with Gasteiger partial charge in [-0.1, -0.05) is 68.0 Å². The normalized spacial score (nSPS) is 15.8. The Bertz CT molecular complexity index is 789. The summed E-state index contributed by atoms with van der Waals surface area (Å²) in [6.45, 7) is 6.24. The van der Waals surface area contributed by atoms with Crippen LogP contribution in [0.4, 0.5) is 10.5 Å². The molecule has 0 saturated carbocycles. The average molecular weight is 319 g/mol. The fourth-order valence-electron chi connectivity index (χ4n) is 2.56. The number of aryl methyl sites for hydroxylation is 1. The van der Waals surface area contributed by atoms with Crippen LogP contribution in [0, 0.1) is 12.3 Å². The highest BCUT2D eigenvalue weighted by Gasteiger charge is 2.29. The van der Waals surface area contributed by atoms with Gasteiger partial charge in [0, 0.05) is 17.3 Å². The second-order valence-corrected chi connectivity index (χ2v) is 6.49. The summed E-state index contributed by atoms with van der Waals surface area (Å²) in [6.07, 6.45) is 3.72. The molecule has 4 nitrogen and oxygen atoms in total. The van der Waals surface area contributed by atoms with E-state index in [-0.39, 0.29) is 11.4 Å². The van der Waals surface area contributed by atoms with E-state index in [1.165, 1.54) is 10.6 Å². The zero-order valence-electron chi connectivity index (χ0n) is 14.2. The first kappa shape index (κ1) is 16.0. The van der Waals surface area contributed by atoms with E-state index in [1.54, 1.807) is 6.20 Å². The van der Waals surface area contributed by atoms with Gasteiger partial charge in [0.15, 0.2) is 0 Å². The third-order valence-electron chi connectivity index (χ3n) is 4.01. The lowest BCUT2D eigenvalue weighted by Crippen LogP contribution is -2.35. The number of carbonyl (C=O) groups is 1. The van der Waals surface area contributed by atoms with Gasteiger partial charge >= 0.3 is 6.03 Å². The monoisotopic (exact) mass is 319 g/mol. The smallest absolute Gasteiger partial charge is 0.306 e. The van der Waals surface area contributed by atoms with Crippen LogP contribution in [0.15, 0.2) is 72.0 Å². The Hall–Kier alpha value is -2.88. The Labute approximate surface area is 142 Å². The molecular weight excluding hydrogens is 298 g/mol. The maximum absolute atomic E-state index is 12.5. The van der Waals surface area contributed by atoms with Gasteiger partial charge in [-0.15, -0.1) is 0 Å². The van der Waals surface area contributed by atoms with Gasteiger partial charge in [-0.3, -0.25) is 0 Å². The molecule has 122 valence electrons. The molecule has 24 heavy (non-hydrogen) atoms. The molecule has 0 bridgehead atoms. The van der Waals surface area contributed by atoms with Crippen LogP contribution < -0.4 is 5.32 Å². The van der Waals surface area contributed by atoms with Crippen molar-refractivity contribution in [3.8, 4) is 0 Å². The fourth-order valence-corrected chi connectivity index (χ4v) is 2.56. The van der Waals surface area contributed by atoms with E-state index in [9.17, 15) is 4.79 Å². The molecule has 1 aliphatic rings. The number of para-hydroxylation sites is 1. The molecule has 1 aliphatic heterocycles. The first-order chi connectivity index (χ1) is 11.5. The molecule has 0 spiro atoms. The first-order valence-electron chi connectivity index (χ1n) is 7.96. The second kappa shape index (κ2) is 6.32. The maximum atomic E-state index is 12.5. The number of urea groups is 1. The molecule has 0 atom stereocenters. The van der Waals surface area contributed by atoms with Gasteiger partial charge in [0.2, 0.25) is 0 Å². The highest BCUT2D eigenvalue weighted by Crippen LogP contribution is 2.29. The second-order valence-electron chi connectivity index (χ2n) is 6.49. The topological polar surface area (TPSA) is 44.7 Å². The molecule has 1 heterocycles. The van der Waals surface area contributed by atoms with Crippen LogP contribution in [0.2, 0.25) is 0 Å². The minimum atomic E-state index is -0.280. The molecule has 0 aliphatic carbocycles. The quantitative estimate of drug-likeness (QED) is 0.850. The van der Waals surface area contributed by atoms with E-state index >= 15 is 0 Å². The van der Waals surface area contributed by atoms with Gasteiger partial charge in [0.05, 0.1) is 5.71 Å². The summed E-state index contributed by atoms with van der Waals surface area (Å²) in [7, 11) is 0. The van der Waals surface area contributed by atoms with Crippen LogP contribution in [0.1, 0.15) is 25.0 Å². The Morgan fingerprint density at radius 1 is 1.04 bits per heavy atom. The van der Waals surface area contributed by atoms with Crippen molar-refractivity contribution >= 4 is 17.4 Å². The van der Waals surface area contributed by atoms with E-state index in [0.29, 0.717) is 0 Å². The SMILES string of the molecule is Cc1ccc(C2=NN(C(=O)Nc3ccccc3)C=CC2(C)C)cc1. The Balaban J connectivity index is 1.87. The fraction of sp³-hybridized carbons (Fsp3) is 0.200. The number of hydrogen-bond donors (Lipinski definition) is 1. The molecule has 2 aromatic rings. The third-order valence-corrected chi connectivity index (χ3v) is 4.01. The Morgan fingerprint density at radius 2 is 1.71 bits per heavy atom. The molecule has 4 heteroatoms. The molecule has 0 aromatic heterocycles. The van der Waals surface area contributed by atoms with Crippen molar-refractivity contribution in [2.75, 3.05) is 5.32 Å². The van der Waals surface area contributed by atoms with E-state index < -0.39 is 0 Å². The molecule has 0 fully saturated rings. The summed E-state index contributed by atoms with van der Waals surface area (Å²) in [6, 6.07) is 17.3. The van der Waals surface area contributed by atoms with Crippen LogP contribution in [0.25, 0.3) is 0 Å². The standard InChI is InChI=1S/C20H21N3O/c1-15-9-11-16(12-10-15)18-20(2,3)13-14-23(22-18)19(24)21-17-7-5-4-6-8-17/h4-14H,1-3H3,(H,21,24). The van der Waals surface area contributed by atoms with Gasteiger partial charge in [0.1, 0.15) is 0 Å². The van der Waals surface area contributed by atoms with Crippen molar-refractivity contribution in [3.05, 3.63) is 78.0 Å². The Kier molecular flexibility index (Phi) is 4.21. The van der Waals surface area contributed by atoms with E-state index in [0.717, 1.165) is 17.0 Å². The third kappa shape index (κ3) is 3.38. The molecule has 2 aromatic carbocycles. The molecule has 0 saturated heterocycles. The minimum Gasteiger partial charge on any atom is -0.306 e. The molecule has 0 radical (unpaired) electrons. The summed E-state index contributed by atoms with van der Waals surface area (Å²) in [4.78, 5) is 12.5. The predicted molar refractivity (Wildman–Crippen MR) is 97.9 cm³/mol.